The zero-order valence-corrected chi connectivity index (χ0v) is 6.65. The second-order valence-electron chi connectivity index (χ2n) is 2.23. The van der Waals surface area contributed by atoms with E-state index in [1.165, 1.54) is 7.11 Å². The van der Waals surface area contributed by atoms with E-state index in [1.807, 2.05) is 0 Å². The van der Waals surface area contributed by atoms with Gasteiger partial charge < -0.3 is 9.84 Å². The average Bonchev–Trinajstić information content (AvgIpc) is 2.07. The molecule has 0 radical (unpaired) electrons. The minimum Gasteiger partial charge on any atom is -0.502 e. The zero-order chi connectivity index (χ0) is 10.0. The molecule has 0 heterocycles. The highest BCUT2D eigenvalue weighted by molar-refractivity contribution is 5.50. The van der Waals surface area contributed by atoms with Crippen LogP contribution in [0.25, 0.3) is 0 Å². The number of hydrogen-bond acceptors (Lipinski definition) is 4. The summed E-state index contributed by atoms with van der Waals surface area (Å²) in [5, 5.41) is 19.2. The van der Waals surface area contributed by atoms with Crippen molar-refractivity contribution in [1.82, 2.24) is 0 Å². The van der Waals surface area contributed by atoms with Gasteiger partial charge in [0.15, 0.2) is 17.3 Å². The molecule has 0 saturated heterocycles. The summed E-state index contributed by atoms with van der Waals surface area (Å²) in [4.78, 5) is 9.33. The highest BCUT2D eigenvalue weighted by Gasteiger charge is 2.17. The maximum atomic E-state index is 12.9. The molecular formula is C7H6FNO4. The van der Waals surface area contributed by atoms with Gasteiger partial charge in [-0.1, -0.05) is 0 Å². The third-order valence-electron chi connectivity index (χ3n) is 1.45. The molecule has 1 rings (SSSR count). The highest BCUT2D eigenvalue weighted by atomic mass is 19.1. The minimum atomic E-state index is -0.882. The molecule has 0 aliphatic carbocycles. The van der Waals surface area contributed by atoms with Crippen LogP contribution in [-0.2, 0) is 0 Å². The van der Waals surface area contributed by atoms with E-state index < -0.39 is 22.2 Å². The van der Waals surface area contributed by atoms with Crippen LogP contribution in [-0.4, -0.2) is 17.1 Å². The van der Waals surface area contributed by atoms with Crippen molar-refractivity contribution in [2.24, 2.45) is 0 Å². The van der Waals surface area contributed by atoms with E-state index >= 15 is 0 Å². The van der Waals surface area contributed by atoms with Gasteiger partial charge in [0.2, 0.25) is 0 Å². The summed E-state index contributed by atoms with van der Waals surface area (Å²) in [5.74, 6) is -1.74. The first-order valence-electron chi connectivity index (χ1n) is 3.27. The van der Waals surface area contributed by atoms with Gasteiger partial charge in [0.1, 0.15) is 0 Å². The second-order valence-corrected chi connectivity index (χ2v) is 2.23. The van der Waals surface area contributed by atoms with Crippen LogP contribution in [0.15, 0.2) is 12.1 Å². The van der Waals surface area contributed by atoms with Gasteiger partial charge >= 0.3 is 5.69 Å². The SMILES string of the molecule is COc1cc(O)c([N+](=O)[O-])cc1F. The van der Waals surface area contributed by atoms with Gasteiger partial charge in [-0.3, -0.25) is 10.1 Å². The standard InChI is InChI=1S/C7H6FNO4/c1-13-7-3-6(10)5(9(11)12)2-4(7)8/h2-3,10H,1H3. The number of hydrogen-bond donors (Lipinski definition) is 1. The van der Waals surface area contributed by atoms with Crippen molar-refractivity contribution in [2.75, 3.05) is 7.11 Å². The molecule has 0 aliphatic rings. The maximum absolute atomic E-state index is 12.9. The molecular weight excluding hydrogens is 181 g/mol. The fraction of sp³-hybridized carbons (Fsp3) is 0.143. The van der Waals surface area contributed by atoms with Gasteiger partial charge in [0, 0.05) is 6.07 Å². The Hall–Kier alpha value is -1.85. The first kappa shape index (κ1) is 9.24. The van der Waals surface area contributed by atoms with E-state index in [9.17, 15) is 14.5 Å². The van der Waals surface area contributed by atoms with E-state index in [-0.39, 0.29) is 5.75 Å². The largest absolute Gasteiger partial charge is 0.502 e. The Morgan fingerprint density at radius 3 is 2.69 bits per heavy atom. The lowest BCUT2D eigenvalue weighted by molar-refractivity contribution is -0.386. The van der Waals surface area contributed by atoms with Crippen LogP contribution in [0.2, 0.25) is 0 Å². The highest BCUT2D eigenvalue weighted by Crippen LogP contribution is 2.32. The van der Waals surface area contributed by atoms with Crippen molar-refractivity contribution in [3.63, 3.8) is 0 Å². The zero-order valence-electron chi connectivity index (χ0n) is 6.65. The van der Waals surface area contributed by atoms with E-state index in [0.717, 1.165) is 6.07 Å². The van der Waals surface area contributed by atoms with E-state index in [0.29, 0.717) is 6.07 Å². The topological polar surface area (TPSA) is 72.6 Å². The summed E-state index contributed by atoms with van der Waals surface area (Å²) in [6.07, 6.45) is 0. The Balaban J connectivity index is 3.28. The molecule has 0 unspecified atom stereocenters. The first-order valence-corrected chi connectivity index (χ1v) is 3.27. The van der Waals surface area contributed by atoms with Crippen LogP contribution in [0.1, 0.15) is 0 Å². The van der Waals surface area contributed by atoms with Crippen LogP contribution in [0, 0.1) is 15.9 Å². The maximum Gasteiger partial charge on any atom is 0.313 e. The molecule has 0 fully saturated rings. The number of benzene rings is 1. The fourth-order valence-corrected chi connectivity index (χ4v) is 0.835. The Kier molecular flexibility index (Phi) is 2.32. The lowest BCUT2D eigenvalue weighted by Crippen LogP contribution is -1.93. The Morgan fingerprint density at radius 1 is 1.62 bits per heavy atom. The van der Waals surface area contributed by atoms with Gasteiger partial charge in [-0.05, 0) is 0 Å². The number of ether oxygens (including phenoxy) is 1. The van der Waals surface area contributed by atoms with Crippen molar-refractivity contribution in [2.45, 2.75) is 0 Å². The summed E-state index contributed by atoms with van der Waals surface area (Å²) < 4.78 is 17.4. The number of methoxy groups -OCH3 is 1. The number of nitro benzene ring substituents is 1. The predicted molar refractivity (Wildman–Crippen MR) is 41.3 cm³/mol. The van der Waals surface area contributed by atoms with Crippen LogP contribution in [0.4, 0.5) is 10.1 Å². The van der Waals surface area contributed by atoms with Crippen molar-refractivity contribution < 1.29 is 19.2 Å². The number of rotatable bonds is 2. The van der Waals surface area contributed by atoms with Gasteiger partial charge in [0.05, 0.1) is 18.1 Å². The minimum absolute atomic E-state index is 0.233. The molecule has 0 aliphatic heterocycles. The molecule has 1 N–H and O–H groups in total. The smallest absolute Gasteiger partial charge is 0.313 e. The van der Waals surface area contributed by atoms with Gasteiger partial charge in [-0.2, -0.15) is 0 Å². The lowest BCUT2D eigenvalue weighted by atomic mass is 10.2. The first-order chi connectivity index (χ1) is 6.06. The fourth-order valence-electron chi connectivity index (χ4n) is 0.835. The van der Waals surface area contributed by atoms with Crippen LogP contribution < -0.4 is 4.74 Å². The molecule has 0 atom stereocenters. The van der Waals surface area contributed by atoms with E-state index in [4.69, 9.17) is 5.11 Å². The molecule has 0 spiro atoms. The number of phenolic OH excluding ortho intramolecular Hbond substituents is 1. The van der Waals surface area contributed by atoms with Crippen molar-refractivity contribution in [3.05, 3.63) is 28.1 Å². The van der Waals surface area contributed by atoms with E-state index in [2.05, 4.69) is 4.74 Å². The second kappa shape index (κ2) is 3.26. The van der Waals surface area contributed by atoms with Crippen molar-refractivity contribution >= 4 is 5.69 Å². The molecule has 70 valence electrons. The number of phenols is 1. The molecule has 0 bridgehead atoms. The molecule has 5 nitrogen and oxygen atoms in total. The molecule has 13 heavy (non-hydrogen) atoms. The molecule has 0 saturated carbocycles. The van der Waals surface area contributed by atoms with Crippen LogP contribution in [0.5, 0.6) is 11.5 Å². The van der Waals surface area contributed by atoms with Gasteiger partial charge in [-0.15, -0.1) is 0 Å². The number of nitro groups is 1. The van der Waals surface area contributed by atoms with E-state index in [1.54, 1.807) is 0 Å². The number of aromatic hydroxyl groups is 1. The van der Waals surface area contributed by atoms with Crippen LogP contribution in [0.3, 0.4) is 0 Å². The van der Waals surface area contributed by atoms with Crippen molar-refractivity contribution in [3.8, 4) is 11.5 Å². The Labute approximate surface area is 72.5 Å². The summed E-state index contributed by atoms with van der Waals surface area (Å²) in [5.41, 5.74) is -0.682. The number of halogens is 1. The molecule has 1 aromatic rings. The predicted octanol–water partition coefficient (Wildman–Crippen LogP) is 1.45. The normalized spacial score (nSPS) is 9.69. The number of nitrogens with zero attached hydrogens (tertiary/aromatic N) is 1. The monoisotopic (exact) mass is 187 g/mol. The molecule has 0 amide bonds. The molecule has 0 aromatic heterocycles. The lowest BCUT2D eigenvalue weighted by Gasteiger charge is -2.02. The third kappa shape index (κ3) is 1.66. The molecule has 1 aromatic carbocycles. The Morgan fingerprint density at radius 2 is 2.23 bits per heavy atom. The molecule has 6 heteroatoms. The quantitative estimate of drug-likeness (QED) is 0.561. The van der Waals surface area contributed by atoms with Gasteiger partial charge in [0.25, 0.3) is 0 Å². The summed E-state index contributed by atoms with van der Waals surface area (Å²) in [6.45, 7) is 0. The third-order valence-corrected chi connectivity index (χ3v) is 1.45. The average molecular weight is 187 g/mol. The summed E-state index contributed by atoms with van der Waals surface area (Å²) in [6, 6.07) is 1.46. The van der Waals surface area contributed by atoms with Crippen molar-refractivity contribution in [1.29, 1.82) is 0 Å². The summed E-state index contributed by atoms with van der Waals surface area (Å²) >= 11 is 0. The Bertz CT molecular complexity index is 353. The van der Waals surface area contributed by atoms with Gasteiger partial charge in [-0.25, -0.2) is 4.39 Å². The summed E-state index contributed by atoms with van der Waals surface area (Å²) in [7, 11) is 1.20. The van der Waals surface area contributed by atoms with Crippen LogP contribution >= 0.6 is 0 Å².